The van der Waals surface area contributed by atoms with Crippen molar-refractivity contribution in [2.24, 2.45) is 0 Å². The first kappa shape index (κ1) is 17.4. The van der Waals surface area contributed by atoms with E-state index in [4.69, 9.17) is 9.15 Å². The molecule has 8 nitrogen and oxygen atoms in total. The Labute approximate surface area is 145 Å². The molecule has 1 amide bonds. The van der Waals surface area contributed by atoms with E-state index in [-0.39, 0.29) is 23.8 Å². The van der Waals surface area contributed by atoms with Gasteiger partial charge in [0.25, 0.3) is 11.5 Å². The molecule has 3 heterocycles. The lowest BCUT2D eigenvalue weighted by Gasteiger charge is -2.19. The van der Waals surface area contributed by atoms with Gasteiger partial charge in [-0.25, -0.2) is 4.98 Å². The van der Waals surface area contributed by atoms with Crippen molar-refractivity contribution in [3.8, 4) is 0 Å². The van der Waals surface area contributed by atoms with Gasteiger partial charge in [0, 0.05) is 32.8 Å². The van der Waals surface area contributed by atoms with Crippen LogP contribution in [0.2, 0.25) is 0 Å². The number of nitrogens with zero attached hydrogens (tertiary/aromatic N) is 3. The number of carbonyl (C=O) groups is 1. The topological polar surface area (TPSA) is 89.6 Å². The highest BCUT2D eigenvalue weighted by molar-refractivity contribution is 5.91. The summed E-state index contributed by atoms with van der Waals surface area (Å²) in [5.41, 5.74) is 0.464. The van der Waals surface area contributed by atoms with E-state index in [2.05, 4.69) is 15.2 Å². The van der Waals surface area contributed by atoms with Gasteiger partial charge in [-0.2, -0.15) is 0 Å². The van der Waals surface area contributed by atoms with Crippen LogP contribution in [0.3, 0.4) is 0 Å². The molecule has 0 unspecified atom stereocenters. The molecule has 25 heavy (non-hydrogen) atoms. The Morgan fingerprint density at radius 3 is 3.08 bits per heavy atom. The monoisotopic (exact) mass is 346 g/mol. The molecule has 2 aromatic rings. The van der Waals surface area contributed by atoms with Crippen LogP contribution in [0.4, 0.5) is 0 Å². The molecule has 1 aliphatic heterocycles. The van der Waals surface area contributed by atoms with Crippen LogP contribution in [-0.4, -0.2) is 47.2 Å². The summed E-state index contributed by atoms with van der Waals surface area (Å²) in [6, 6.07) is 4.72. The number of nitrogens with one attached hydrogen (secondary N) is 1. The molecule has 0 atom stereocenters. The molecule has 0 saturated heterocycles. The van der Waals surface area contributed by atoms with Gasteiger partial charge in [-0.15, -0.1) is 0 Å². The molecule has 0 saturated carbocycles. The van der Waals surface area contributed by atoms with E-state index in [1.165, 1.54) is 12.3 Å². The van der Waals surface area contributed by atoms with Crippen molar-refractivity contribution < 1.29 is 13.9 Å². The molecule has 8 heteroatoms. The molecule has 0 aromatic carbocycles. The summed E-state index contributed by atoms with van der Waals surface area (Å²) in [5.74, 6) is 0.629. The Kier molecular flexibility index (Phi) is 5.62. The molecule has 2 aromatic heterocycles. The van der Waals surface area contributed by atoms with E-state index < -0.39 is 0 Å². The fourth-order valence-corrected chi connectivity index (χ4v) is 2.87. The molecule has 3 rings (SSSR count). The molecule has 1 aliphatic rings. The zero-order chi connectivity index (χ0) is 17.6. The molecule has 0 fully saturated rings. The predicted molar refractivity (Wildman–Crippen MR) is 90.1 cm³/mol. The quantitative estimate of drug-likeness (QED) is 0.825. The largest absolute Gasteiger partial charge is 0.459 e. The molecule has 134 valence electrons. The van der Waals surface area contributed by atoms with Crippen molar-refractivity contribution in [2.45, 2.75) is 26.1 Å². The molecular weight excluding hydrogens is 324 g/mol. The number of ether oxygens (including phenoxy) is 1. The Morgan fingerprint density at radius 1 is 1.44 bits per heavy atom. The van der Waals surface area contributed by atoms with Crippen molar-refractivity contribution in [3.63, 3.8) is 0 Å². The highest BCUT2D eigenvalue weighted by atomic mass is 16.5. The standard InChI is InChI=1S/C17H22N4O4/c1-24-9-7-20-5-3-6-21-15(12-20)19-13(10-16(21)22)11-18-17(23)14-4-2-8-25-14/h2,4,8,10H,3,5-7,9,11-12H2,1H3,(H,18,23). The average molecular weight is 346 g/mol. The first-order valence-electron chi connectivity index (χ1n) is 8.30. The van der Waals surface area contributed by atoms with E-state index in [1.807, 2.05) is 0 Å². The zero-order valence-corrected chi connectivity index (χ0v) is 14.2. The number of aromatic nitrogens is 2. The van der Waals surface area contributed by atoms with E-state index in [1.54, 1.807) is 23.8 Å². The minimum absolute atomic E-state index is 0.0826. The normalized spacial score (nSPS) is 14.8. The minimum Gasteiger partial charge on any atom is -0.459 e. The van der Waals surface area contributed by atoms with Crippen LogP contribution in [0.5, 0.6) is 0 Å². The smallest absolute Gasteiger partial charge is 0.287 e. The van der Waals surface area contributed by atoms with Crippen LogP contribution in [0, 0.1) is 0 Å². The SMILES string of the molecule is COCCN1CCCn2c(nc(CNC(=O)c3ccco3)cc2=O)C1. The second-order valence-electron chi connectivity index (χ2n) is 5.94. The summed E-state index contributed by atoms with van der Waals surface area (Å²) >= 11 is 0. The summed E-state index contributed by atoms with van der Waals surface area (Å²) in [7, 11) is 1.67. The van der Waals surface area contributed by atoms with Crippen molar-refractivity contribution in [3.05, 3.63) is 52.1 Å². The summed E-state index contributed by atoms with van der Waals surface area (Å²) < 4.78 is 11.9. The maximum atomic E-state index is 12.4. The third-order valence-corrected chi connectivity index (χ3v) is 4.15. The Balaban J connectivity index is 1.72. The highest BCUT2D eigenvalue weighted by Crippen LogP contribution is 2.09. The van der Waals surface area contributed by atoms with E-state index in [9.17, 15) is 9.59 Å². The molecule has 1 N–H and O–H groups in total. The Bertz CT molecular complexity index is 769. The number of methoxy groups -OCH3 is 1. The van der Waals surface area contributed by atoms with Gasteiger partial charge in [-0.3, -0.25) is 19.1 Å². The van der Waals surface area contributed by atoms with E-state index >= 15 is 0 Å². The van der Waals surface area contributed by atoms with Crippen molar-refractivity contribution in [1.29, 1.82) is 0 Å². The van der Waals surface area contributed by atoms with Gasteiger partial charge in [0.05, 0.1) is 31.7 Å². The first-order valence-corrected chi connectivity index (χ1v) is 8.30. The van der Waals surface area contributed by atoms with Gasteiger partial charge in [-0.05, 0) is 18.6 Å². The van der Waals surface area contributed by atoms with Crippen LogP contribution in [0.25, 0.3) is 0 Å². The second-order valence-corrected chi connectivity index (χ2v) is 5.94. The number of rotatable bonds is 6. The molecule has 0 radical (unpaired) electrons. The number of hydrogen-bond acceptors (Lipinski definition) is 6. The Hall–Kier alpha value is -2.45. The number of furan rings is 1. The lowest BCUT2D eigenvalue weighted by atomic mass is 10.3. The average Bonchev–Trinajstić information content (AvgIpc) is 3.06. The minimum atomic E-state index is -0.330. The first-order chi connectivity index (χ1) is 12.2. The Morgan fingerprint density at radius 2 is 2.32 bits per heavy atom. The summed E-state index contributed by atoms with van der Waals surface area (Å²) in [5, 5.41) is 2.72. The van der Waals surface area contributed by atoms with E-state index in [0.29, 0.717) is 25.4 Å². The highest BCUT2D eigenvalue weighted by Gasteiger charge is 2.17. The van der Waals surface area contributed by atoms with Gasteiger partial charge in [0.15, 0.2) is 5.76 Å². The van der Waals surface area contributed by atoms with E-state index in [0.717, 1.165) is 25.3 Å². The zero-order valence-electron chi connectivity index (χ0n) is 14.2. The van der Waals surface area contributed by atoms with Crippen LogP contribution in [-0.2, 0) is 24.4 Å². The maximum Gasteiger partial charge on any atom is 0.287 e. The van der Waals surface area contributed by atoms with Crippen LogP contribution in [0.15, 0.2) is 33.7 Å². The van der Waals surface area contributed by atoms with Crippen LogP contribution < -0.4 is 10.9 Å². The summed E-state index contributed by atoms with van der Waals surface area (Å²) in [4.78, 5) is 31.1. The molecular formula is C17H22N4O4. The second kappa shape index (κ2) is 8.09. The number of fused-ring (bicyclic) bond motifs is 1. The number of hydrogen-bond donors (Lipinski definition) is 1. The van der Waals surface area contributed by atoms with Crippen LogP contribution >= 0.6 is 0 Å². The fraction of sp³-hybridized carbons (Fsp3) is 0.471. The van der Waals surface area contributed by atoms with Gasteiger partial charge in [-0.1, -0.05) is 0 Å². The number of carbonyl (C=O) groups excluding carboxylic acids is 1. The third kappa shape index (κ3) is 4.34. The summed E-state index contributed by atoms with van der Waals surface area (Å²) in [6.07, 6.45) is 2.34. The van der Waals surface area contributed by atoms with Gasteiger partial charge in [0.1, 0.15) is 5.82 Å². The molecule has 0 spiro atoms. The fourth-order valence-electron chi connectivity index (χ4n) is 2.87. The molecule has 0 bridgehead atoms. The van der Waals surface area contributed by atoms with Gasteiger partial charge >= 0.3 is 0 Å². The van der Waals surface area contributed by atoms with Gasteiger partial charge < -0.3 is 14.5 Å². The molecule has 0 aliphatic carbocycles. The van der Waals surface area contributed by atoms with Crippen molar-refractivity contribution >= 4 is 5.91 Å². The summed E-state index contributed by atoms with van der Waals surface area (Å²) in [6.45, 7) is 3.77. The third-order valence-electron chi connectivity index (χ3n) is 4.15. The number of amides is 1. The van der Waals surface area contributed by atoms with Gasteiger partial charge in [0.2, 0.25) is 0 Å². The lowest BCUT2D eigenvalue weighted by Crippen LogP contribution is -2.31. The van der Waals surface area contributed by atoms with Crippen molar-refractivity contribution in [2.75, 3.05) is 26.8 Å². The predicted octanol–water partition coefficient (Wildman–Crippen LogP) is 0.618. The maximum absolute atomic E-state index is 12.4. The van der Waals surface area contributed by atoms with Crippen molar-refractivity contribution in [1.82, 2.24) is 19.8 Å². The lowest BCUT2D eigenvalue weighted by molar-refractivity contribution is 0.0922. The van der Waals surface area contributed by atoms with Crippen LogP contribution in [0.1, 0.15) is 28.5 Å².